The van der Waals surface area contributed by atoms with E-state index in [0.29, 0.717) is 30.4 Å². The second-order valence-electron chi connectivity index (χ2n) is 10.9. The van der Waals surface area contributed by atoms with E-state index >= 15 is 0 Å². The Morgan fingerprint density at radius 1 is 1.05 bits per heavy atom. The van der Waals surface area contributed by atoms with E-state index in [1.807, 2.05) is 32.9 Å². The first-order valence-electron chi connectivity index (χ1n) is 14.3. The van der Waals surface area contributed by atoms with Crippen LogP contribution in [0.3, 0.4) is 0 Å². The molecule has 2 atom stereocenters. The summed E-state index contributed by atoms with van der Waals surface area (Å²) in [6, 6.07) is 6.58. The monoisotopic (exact) mass is 605 g/mol. The molecule has 0 bridgehead atoms. The number of hydrogen-bond donors (Lipinski definition) is 3. The number of nitrogens with one attached hydrogen (secondary N) is 3. The van der Waals surface area contributed by atoms with Crippen molar-refractivity contribution >= 4 is 56.9 Å². The number of urea groups is 1. The minimum atomic E-state index is -1.06. The quantitative estimate of drug-likeness (QED) is 0.310. The number of ether oxygens (including phenoxy) is 2. The predicted molar refractivity (Wildman–Crippen MR) is 157 cm³/mol. The zero-order chi connectivity index (χ0) is 30.5. The Morgan fingerprint density at radius 3 is 2.49 bits per heavy atom. The van der Waals surface area contributed by atoms with Crippen LogP contribution < -0.4 is 25.4 Å². The third kappa shape index (κ3) is 5.18. The van der Waals surface area contributed by atoms with Gasteiger partial charge in [0.1, 0.15) is 22.5 Å². The van der Waals surface area contributed by atoms with Gasteiger partial charge >= 0.3 is 6.03 Å². The van der Waals surface area contributed by atoms with Crippen molar-refractivity contribution in [2.45, 2.75) is 58.0 Å². The lowest BCUT2D eigenvalue weighted by molar-refractivity contribution is -0.136. The van der Waals surface area contributed by atoms with E-state index < -0.39 is 41.2 Å². The first-order valence-corrected chi connectivity index (χ1v) is 15.1. The molecule has 224 valence electrons. The van der Waals surface area contributed by atoms with Gasteiger partial charge in [-0.3, -0.25) is 29.4 Å². The first-order chi connectivity index (χ1) is 20.6. The van der Waals surface area contributed by atoms with Gasteiger partial charge in [-0.2, -0.15) is 0 Å². The molecule has 1 saturated carbocycles. The number of anilines is 1. The Labute approximate surface area is 251 Å². The van der Waals surface area contributed by atoms with E-state index in [9.17, 15) is 24.0 Å². The summed E-state index contributed by atoms with van der Waals surface area (Å²) in [5, 5.41) is 8.82. The molecule has 1 unspecified atom stereocenters. The van der Waals surface area contributed by atoms with E-state index in [4.69, 9.17) is 14.5 Å². The van der Waals surface area contributed by atoms with E-state index in [1.165, 1.54) is 29.5 Å². The number of amides is 6. The maximum Gasteiger partial charge on any atom is 0.320 e. The van der Waals surface area contributed by atoms with Gasteiger partial charge < -0.3 is 20.1 Å². The number of fused-ring (bicyclic) bond motifs is 2. The SMILES string of the molecule is CCOc1cc(OCC)c2sc([C@@](C)(NC(=O)Nc3ccc4c(c3)C(=O)N(C3CCC(=O)NC3=O)C4=O)C3CC3)nc2c1. The van der Waals surface area contributed by atoms with Gasteiger partial charge in [0.2, 0.25) is 11.8 Å². The number of nitrogens with zero attached hydrogens (tertiary/aromatic N) is 2. The van der Waals surface area contributed by atoms with Crippen LogP contribution in [0.25, 0.3) is 10.2 Å². The maximum absolute atomic E-state index is 13.4. The topological polar surface area (TPSA) is 156 Å². The summed E-state index contributed by atoms with van der Waals surface area (Å²) < 4.78 is 12.5. The van der Waals surface area contributed by atoms with Crippen LogP contribution >= 0.6 is 11.3 Å². The summed E-state index contributed by atoms with van der Waals surface area (Å²) in [7, 11) is 0. The summed E-state index contributed by atoms with van der Waals surface area (Å²) in [6.07, 6.45) is 1.96. The number of thiazole rings is 1. The number of benzene rings is 2. The molecule has 1 aromatic heterocycles. The molecule has 2 aromatic carbocycles. The largest absolute Gasteiger partial charge is 0.494 e. The van der Waals surface area contributed by atoms with Gasteiger partial charge in [-0.25, -0.2) is 9.78 Å². The van der Waals surface area contributed by atoms with Crippen LogP contribution in [-0.2, 0) is 15.1 Å². The molecule has 0 radical (unpaired) electrons. The average molecular weight is 606 g/mol. The number of rotatable bonds is 9. The first kappa shape index (κ1) is 28.6. The molecule has 6 rings (SSSR count). The van der Waals surface area contributed by atoms with Crippen molar-refractivity contribution in [3.63, 3.8) is 0 Å². The molecule has 12 nitrogen and oxygen atoms in total. The highest BCUT2D eigenvalue weighted by molar-refractivity contribution is 7.19. The van der Waals surface area contributed by atoms with E-state index in [-0.39, 0.29) is 29.9 Å². The van der Waals surface area contributed by atoms with E-state index in [0.717, 1.165) is 33.0 Å². The smallest absolute Gasteiger partial charge is 0.320 e. The lowest BCUT2D eigenvalue weighted by Crippen LogP contribution is -2.54. The minimum absolute atomic E-state index is 0.0336. The summed E-state index contributed by atoms with van der Waals surface area (Å²) >= 11 is 1.47. The zero-order valence-electron chi connectivity index (χ0n) is 23.9. The van der Waals surface area contributed by atoms with Crippen molar-refractivity contribution in [3.05, 3.63) is 46.5 Å². The Hall–Kier alpha value is -4.52. The standard InChI is InChI=1S/C30H31N5O7S/c1-4-41-17-13-20-24(22(14-17)42-5-2)43-28(32-20)30(3,15-6-7-15)34-29(40)31-16-8-9-18-19(12-16)27(39)35(26(18)38)21-10-11-23(36)33-25(21)37/h8-9,12-15,21H,4-7,10-11H2,1-3H3,(H2,31,34,40)(H,33,36,37)/t21?,30-/m0/s1. The molecule has 3 heterocycles. The molecule has 3 aliphatic rings. The Balaban J connectivity index is 1.22. The normalized spacial score (nSPS) is 19.6. The van der Waals surface area contributed by atoms with Gasteiger partial charge in [0.15, 0.2) is 0 Å². The summed E-state index contributed by atoms with van der Waals surface area (Å²) in [6.45, 7) is 6.77. The molecule has 13 heteroatoms. The Morgan fingerprint density at radius 2 is 1.79 bits per heavy atom. The van der Waals surface area contributed by atoms with Crippen LogP contribution in [0, 0.1) is 5.92 Å². The number of carbonyl (C=O) groups is 5. The molecule has 43 heavy (non-hydrogen) atoms. The number of carbonyl (C=O) groups excluding carboxylic acids is 5. The third-order valence-corrected chi connectivity index (χ3v) is 9.27. The number of aromatic nitrogens is 1. The number of hydrogen-bond acceptors (Lipinski definition) is 9. The van der Waals surface area contributed by atoms with Gasteiger partial charge in [-0.05, 0) is 64.2 Å². The highest BCUT2D eigenvalue weighted by atomic mass is 32.1. The van der Waals surface area contributed by atoms with Crippen LogP contribution in [0.2, 0.25) is 0 Å². The van der Waals surface area contributed by atoms with Crippen molar-refractivity contribution in [3.8, 4) is 11.5 Å². The molecule has 2 aliphatic heterocycles. The summed E-state index contributed by atoms with van der Waals surface area (Å²) in [4.78, 5) is 69.2. The molecule has 3 N–H and O–H groups in total. The van der Waals surface area contributed by atoms with Crippen LogP contribution in [0.5, 0.6) is 11.5 Å². The highest BCUT2D eigenvalue weighted by Gasteiger charge is 2.47. The van der Waals surface area contributed by atoms with Gasteiger partial charge in [-0.1, -0.05) is 0 Å². The fraction of sp³-hybridized carbons (Fsp3) is 0.400. The average Bonchev–Trinajstić information content (AvgIpc) is 3.69. The Bertz CT molecular complexity index is 1680. The van der Waals surface area contributed by atoms with E-state index in [2.05, 4.69) is 16.0 Å². The van der Waals surface area contributed by atoms with Gasteiger partial charge in [0, 0.05) is 24.2 Å². The fourth-order valence-electron chi connectivity index (χ4n) is 5.65. The van der Waals surface area contributed by atoms with Crippen molar-refractivity contribution < 1.29 is 33.4 Å². The third-order valence-electron chi connectivity index (χ3n) is 7.95. The predicted octanol–water partition coefficient (Wildman–Crippen LogP) is 3.94. The van der Waals surface area contributed by atoms with Crippen LogP contribution in [-0.4, -0.2) is 58.8 Å². The van der Waals surface area contributed by atoms with Crippen molar-refractivity contribution in [1.29, 1.82) is 0 Å². The molecule has 6 amide bonds. The molecular weight excluding hydrogens is 574 g/mol. The minimum Gasteiger partial charge on any atom is -0.494 e. The lowest BCUT2D eigenvalue weighted by atomic mass is 9.97. The van der Waals surface area contributed by atoms with Crippen LogP contribution in [0.15, 0.2) is 30.3 Å². The highest BCUT2D eigenvalue weighted by Crippen LogP contribution is 2.48. The van der Waals surface area contributed by atoms with Gasteiger partial charge in [0.25, 0.3) is 11.8 Å². The van der Waals surface area contributed by atoms with Gasteiger partial charge in [0.05, 0.1) is 40.1 Å². The Kier molecular flexibility index (Phi) is 7.28. The second kappa shape index (κ2) is 11.0. The second-order valence-corrected chi connectivity index (χ2v) is 11.9. The molecular formula is C30H31N5O7S. The molecule has 1 saturated heterocycles. The van der Waals surface area contributed by atoms with Crippen LogP contribution in [0.1, 0.15) is 72.2 Å². The fourth-order valence-corrected chi connectivity index (χ4v) is 6.84. The number of imide groups is 2. The molecule has 2 fully saturated rings. The van der Waals surface area contributed by atoms with Crippen LogP contribution in [0.4, 0.5) is 10.5 Å². The summed E-state index contributed by atoms with van der Waals surface area (Å²) in [5.74, 6) is -0.853. The molecule has 0 spiro atoms. The lowest BCUT2D eigenvalue weighted by Gasteiger charge is -2.29. The molecule has 1 aliphatic carbocycles. The van der Waals surface area contributed by atoms with E-state index in [1.54, 1.807) is 0 Å². The van der Waals surface area contributed by atoms with Crippen molar-refractivity contribution in [1.82, 2.24) is 20.5 Å². The van der Waals surface area contributed by atoms with Crippen molar-refractivity contribution in [2.24, 2.45) is 5.92 Å². The zero-order valence-corrected chi connectivity index (χ0v) is 24.8. The van der Waals surface area contributed by atoms with Crippen molar-refractivity contribution in [2.75, 3.05) is 18.5 Å². The molecule has 3 aromatic rings. The van der Waals surface area contributed by atoms with Gasteiger partial charge in [-0.15, -0.1) is 11.3 Å². The summed E-state index contributed by atoms with van der Waals surface area (Å²) in [5.41, 5.74) is 0.483. The number of piperidine rings is 1. The maximum atomic E-state index is 13.4.